The molecule has 7 nitrogen and oxygen atoms in total. The van der Waals surface area contributed by atoms with Crippen molar-refractivity contribution in [3.05, 3.63) is 36.5 Å². The number of nitrogens with two attached hydrogens (primary N) is 1. The number of amides is 1. The highest BCUT2D eigenvalue weighted by Crippen LogP contribution is 2.20. The van der Waals surface area contributed by atoms with Gasteiger partial charge in [0.25, 0.3) is 0 Å². The number of esters is 1. The highest BCUT2D eigenvalue weighted by molar-refractivity contribution is 5.83. The minimum atomic E-state index is -1.00. The highest BCUT2D eigenvalue weighted by atomic mass is 16.5. The van der Waals surface area contributed by atoms with E-state index in [4.69, 9.17) is 10.5 Å². The minimum Gasteiger partial charge on any atom is -0.480 e. The first-order valence-corrected chi connectivity index (χ1v) is 27.8. The summed E-state index contributed by atoms with van der Waals surface area (Å²) in [5, 5.41) is 12.0. The monoisotopic (exact) mass is 899 g/mol. The number of rotatable bonds is 51. The van der Waals surface area contributed by atoms with E-state index in [0.717, 1.165) is 77.0 Å². The maximum atomic E-state index is 12.9. The summed E-state index contributed by atoms with van der Waals surface area (Å²) in [4.78, 5) is 36.6. The summed E-state index contributed by atoms with van der Waals surface area (Å²) in [6, 6.07) is -0.857. The number of nitrogens with one attached hydrogen (secondary N) is 1. The number of aliphatic carboxylic acids is 1. The molecule has 0 aromatic heterocycles. The first kappa shape index (κ1) is 61.6. The van der Waals surface area contributed by atoms with Gasteiger partial charge in [-0.2, -0.15) is 0 Å². The fourth-order valence-electron chi connectivity index (χ4n) is 8.52. The van der Waals surface area contributed by atoms with Crippen LogP contribution in [-0.4, -0.2) is 41.6 Å². The van der Waals surface area contributed by atoms with Crippen molar-refractivity contribution in [3.63, 3.8) is 0 Å². The fourth-order valence-corrected chi connectivity index (χ4v) is 8.52. The molecule has 2 unspecified atom stereocenters. The van der Waals surface area contributed by atoms with Gasteiger partial charge in [0.15, 0.2) is 0 Å². The highest BCUT2D eigenvalue weighted by Gasteiger charge is 2.19. The lowest BCUT2D eigenvalue weighted by Gasteiger charge is -2.18. The average molecular weight is 899 g/mol. The Morgan fingerprint density at radius 1 is 0.453 bits per heavy atom. The van der Waals surface area contributed by atoms with E-state index in [1.807, 2.05) is 0 Å². The van der Waals surface area contributed by atoms with E-state index in [2.05, 4.69) is 55.6 Å². The number of hydrogen-bond acceptors (Lipinski definition) is 5. The van der Waals surface area contributed by atoms with Crippen LogP contribution < -0.4 is 11.1 Å². The van der Waals surface area contributed by atoms with Gasteiger partial charge in [0, 0.05) is 12.8 Å². The summed E-state index contributed by atoms with van der Waals surface area (Å²) in [5.74, 6) is -1.22. The number of hydrogen-bond donors (Lipinski definition) is 3. The van der Waals surface area contributed by atoms with Crippen LogP contribution in [0, 0.1) is 0 Å². The Balaban J connectivity index is 4.24. The van der Waals surface area contributed by atoms with Crippen LogP contribution in [0.5, 0.6) is 0 Å². The van der Waals surface area contributed by atoms with Gasteiger partial charge in [-0.15, -0.1) is 0 Å². The molecule has 0 saturated carbocycles. The number of allylic oxidation sites excluding steroid dienone is 6. The molecule has 0 aliphatic heterocycles. The summed E-state index contributed by atoms with van der Waals surface area (Å²) in [7, 11) is 0. The predicted octanol–water partition coefficient (Wildman–Crippen LogP) is 16.9. The topological polar surface area (TPSA) is 119 Å². The van der Waals surface area contributed by atoms with Gasteiger partial charge in [-0.3, -0.25) is 9.59 Å². The Bertz CT molecular complexity index is 1100. The van der Waals surface area contributed by atoms with Crippen molar-refractivity contribution >= 4 is 17.8 Å². The molecule has 0 aliphatic carbocycles. The van der Waals surface area contributed by atoms with Gasteiger partial charge in [-0.1, -0.05) is 224 Å². The third-order valence-electron chi connectivity index (χ3n) is 12.7. The van der Waals surface area contributed by atoms with E-state index in [0.29, 0.717) is 32.2 Å². The molecule has 374 valence electrons. The van der Waals surface area contributed by atoms with E-state index in [1.54, 1.807) is 0 Å². The Morgan fingerprint density at radius 3 is 1.22 bits per heavy atom. The van der Waals surface area contributed by atoms with E-state index in [9.17, 15) is 19.5 Å². The molecule has 0 aliphatic rings. The van der Waals surface area contributed by atoms with Crippen LogP contribution in [0.1, 0.15) is 290 Å². The number of ether oxygens (including phenoxy) is 1. The maximum absolute atomic E-state index is 12.9. The Morgan fingerprint density at radius 2 is 0.812 bits per heavy atom. The molecule has 4 N–H and O–H groups in total. The van der Waals surface area contributed by atoms with E-state index in [-0.39, 0.29) is 18.0 Å². The van der Waals surface area contributed by atoms with Crippen LogP contribution in [-0.2, 0) is 19.1 Å². The lowest BCUT2D eigenvalue weighted by molar-refractivity contribution is -0.150. The Labute approximate surface area is 396 Å². The van der Waals surface area contributed by atoms with Gasteiger partial charge >= 0.3 is 11.9 Å². The number of unbranched alkanes of at least 4 members (excludes halogenated alkanes) is 31. The smallest absolute Gasteiger partial charge is 0.326 e. The van der Waals surface area contributed by atoms with Crippen LogP contribution in [0.25, 0.3) is 0 Å². The molecule has 0 aromatic rings. The molecule has 0 aromatic carbocycles. The van der Waals surface area contributed by atoms with Crippen molar-refractivity contribution < 1.29 is 24.2 Å². The van der Waals surface area contributed by atoms with E-state index < -0.39 is 12.0 Å². The van der Waals surface area contributed by atoms with Crippen LogP contribution in [0.15, 0.2) is 36.5 Å². The van der Waals surface area contributed by atoms with Crippen molar-refractivity contribution in [3.8, 4) is 0 Å². The molecule has 64 heavy (non-hydrogen) atoms. The summed E-state index contributed by atoms with van der Waals surface area (Å²) in [6.45, 7) is 4.97. The van der Waals surface area contributed by atoms with Crippen LogP contribution >= 0.6 is 0 Å². The lowest BCUT2D eigenvalue weighted by atomic mass is 10.0. The van der Waals surface area contributed by atoms with Crippen LogP contribution in [0.3, 0.4) is 0 Å². The van der Waals surface area contributed by atoms with Gasteiger partial charge in [0.05, 0.1) is 0 Å². The molecule has 0 saturated heterocycles. The Kier molecular flexibility index (Phi) is 49.6. The van der Waals surface area contributed by atoms with Gasteiger partial charge < -0.3 is 20.9 Å². The molecular weight excluding hydrogens is 793 g/mol. The van der Waals surface area contributed by atoms with Crippen molar-refractivity contribution in [2.45, 2.75) is 302 Å². The molecule has 0 fully saturated rings. The predicted molar refractivity (Wildman–Crippen MR) is 276 cm³/mol. The number of carboxylic acid groups (broad SMARTS) is 1. The van der Waals surface area contributed by atoms with Crippen LogP contribution in [0.2, 0.25) is 0 Å². The summed E-state index contributed by atoms with van der Waals surface area (Å²) in [6.07, 6.45) is 63.5. The summed E-state index contributed by atoms with van der Waals surface area (Å²) < 4.78 is 6.10. The van der Waals surface area contributed by atoms with Crippen molar-refractivity contribution in [1.82, 2.24) is 5.32 Å². The lowest BCUT2D eigenvalue weighted by Crippen LogP contribution is -2.40. The number of carboxylic acids is 1. The van der Waals surface area contributed by atoms with Crippen LogP contribution in [0.4, 0.5) is 0 Å². The third-order valence-corrected chi connectivity index (χ3v) is 12.7. The van der Waals surface area contributed by atoms with E-state index >= 15 is 0 Å². The molecule has 0 spiro atoms. The summed E-state index contributed by atoms with van der Waals surface area (Å²) >= 11 is 0. The second-order valence-corrected chi connectivity index (χ2v) is 19.0. The molecule has 7 heteroatoms. The Hall–Kier alpha value is -2.41. The normalized spacial score (nSPS) is 12.8. The van der Waals surface area contributed by atoms with Gasteiger partial charge in [0.2, 0.25) is 5.91 Å². The van der Waals surface area contributed by atoms with Gasteiger partial charge in [0.1, 0.15) is 12.1 Å². The first-order chi connectivity index (χ1) is 31.4. The zero-order valence-corrected chi connectivity index (χ0v) is 42.4. The van der Waals surface area contributed by atoms with Gasteiger partial charge in [-0.25, -0.2) is 4.79 Å². The van der Waals surface area contributed by atoms with Gasteiger partial charge in [-0.05, 0) is 96.4 Å². The van der Waals surface area contributed by atoms with Crippen molar-refractivity contribution in [2.75, 3.05) is 6.54 Å². The first-order valence-electron chi connectivity index (χ1n) is 27.8. The maximum Gasteiger partial charge on any atom is 0.326 e. The minimum absolute atomic E-state index is 0.00926. The standard InChI is InChI=1S/C57H106N2O5/c1-3-5-7-9-11-13-15-17-19-20-21-22-23-24-25-26-28-30-32-34-36-41-45-51-56(61)64-53(47-42-38-35-33-31-29-27-18-16-14-12-10-8-6-4-2)48-43-39-37-40-44-50-55(60)59-54(57(62)63)49-46-52-58/h15,17,20-21,23-24,53-54H,3-14,16,18-19,22,25-52,58H2,1-2H3,(H,59,60)(H,62,63)/b17-15-,21-20-,24-23-. The van der Waals surface area contributed by atoms with E-state index in [1.165, 1.54) is 173 Å². The SMILES string of the molecule is CCCCCCC/C=C\C/C=C\C/C=C\CCCCCCCCCCC(=O)OC(CCCCCCCCCCCCCCCCC)CCCCCCCC(=O)NC(CCCN)C(=O)O. The average Bonchev–Trinajstić information content (AvgIpc) is 3.28. The molecule has 0 rings (SSSR count). The number of carbonyl (C=O) groups excluding carboxylic acids is 2. The molecule has 0 heterocycles. The van der Waals surface area contributed by atoms with Crippen molar-refractivity contribution in [2.24, 2.45) is 5.73 Å². The molecule has 1 amide bonds. The molecule has 0 radical (unpaired) electrons. The second kappa shape index (κ2) is 51.6. The quantitative estimate of drug-likeness (QED) is 0.0318. The van der Waals surface area contributed by atoms with Crippen molar-refractivity contribution in [1.29, 1.82) is 0 Å². The second-order valence-electron chi connectivity index (χ2n) is 19.0. The molecule has 2 atom stereocenters. The summed E-state index contributed by atoms with van der Waals surface area (Å²) in [5.41, 5.74) is 5.51. The third kappa shape index (κ3) is 47.5. The zero-order chi connectivity index (χ0) is 46.7. The zero-order valence-electron chi connectivity index (χ0n) is 42.4. The molecule has 0 bridgehead atoms. The largest absolute Gasteiger partial charge is 0.480 e. The molecular formula is C57H106N2O5. The fraction of sp³-hybridized carbons (Fsp3) is 0.842. The number of carbonyl (C=O) groups is 3.